The van der Waals surface area contributed by atoms with Crippen LogP contribution in [0.3, 0.4) is 0 Å². The SMILES string of the molecule is CN(CCO)C(=O)C[C@@H]1C(=O)NCCN1Cc1ccccc1. The van der Waals surface area contributed by atoms with E-state index in [0.717, 1.165) is 12.1 Å². The second-order valence-electron chi connectivity index (χ2n) is 5.51. The van der Waals surface area contributed by atoms with Gasteiger partial charge in [0.05, 0.1) is 19.1 Å². The highest BCUT2D eigenvalue weighted by molar-refractivity contribution is 5.88. The van der Waals surface area contributed by atoms with E-state index >= 15 is 0 Å². The Morgan fingerprint density at radius 3 is 2.82 bits per heavy atom. The Kier molecular flexibility index (Phi) is 5.91. The molecule has 1 fully saturated rings. The van der Waals surface area contributed by atoms with E-state index in [1.807, 2.05) is 35.2 Å². The topological polar surface area (TPSA) is 72.9 Å². The maximum Gasteiger partial charge on any atom is 0.237 e. The molecule has 0 aliphatic carbocycles. The molecule has 120 valence electrons. The standard InChI is InChI=1S/C16H23N3O3/c1-18(9-10-20)15(21)11-14-16(22)17-7-8-19(14)12-13-5-3-2-4-6-13/h2-6,14,20H,7-12H2,1H3,(H,17,22)/t14-/m1/s1. The number of aliphatic hydroxyl groups excluding tert-OH is 1. The van der Waals surface area contributed by atoms with Crippen LogP contribution in [0.25, 0.3) is 0 Å². The Balaban J connectivity index is 2.03. The van der Waals surface area contributed by atoms with Crippen molar-refractivity contribution in [1.29, 1.82) is 0 Å². The quantitative estimate of drug-likeness (QED) is 0.765. The summed E-state index contributed by atoms with van der Waals surface area (Å²) in [6.45, 7) is 2.18. The van der Waals surface area contributed by atoms with Crippen LogP contribution in [0.2, 0.25) is 0 Å². The first-order valence-electron chi connectivity index (χ1n) is 7.52. The molecule has 2 amide bonds. The van der Waals surface area contributed by atoms with Crippen LogP contribution in [0.5, 0.6) is 0 Å². The van der Waals surface area contributed by atoms with Crippen molar-refractivity contribution < 1.29 is 14.7 Å². The molecule has 0 spiro atoms. The lowest BCUT2D eigenvalue weighted by atomic mass is 10.1. The van der Waals surface area contributed by atoms with Gasteiger partial charge >= 0.3 is 0 Å². The van der Waals surface area contributed by atoms with Crippen molar-refractivity contribution in [2.75, 3.05) is 33.3 Å². The molecule has 0 saturated carbocycles. The minimum absolute atomic E-state index is 0.0766. The Morgan fingerprint density at radius 2 is 2.14 bits per heavy atom. The molecular weight excluding hydrogens is 282 g/mol. The molecule has 1 saturated heterocycles. The minimum Gasteiger partial charge on any atom is -0.395 e. The zero-order valence-corrected chi connectivity index (χ0v) is 12.9. The fraction of sp³-hybridized carbons (Fsp3) is 0.500. The van der Waals surface area contributed by atoms with Gasteiger partial charge in [0.15, 0.2) is 0 Å². The first kappa shape index (κ1) is 16.5. The summed E-state index contributed by atoms with van der Waals surface area (Å²) in [4.78, 5) is 27.8. The van der Waals surface area contributed by atoms with E-state index in [1.54, 1.807) is 7.05 Å². The van der Waals surface area contributed by atoms with Gasteiger partial charge in [-0.1, -0.05) is 30.3 Å². The normalized spacial score (nSPS) is 18.8. The predicted octanol–water partition coefficient (Wildman–Crippen LogP) is -0.172. The van der Waals surface area contributed by atoms with Gasteiger partial charge in [-0.25, -0.2) is 0 Å². The van der Waals surface area contributed by atoms with Crippen molar-refractivity contribution in [3.05, 3.63) is 35.9 Å². The molecule has 22 heavy (non-hydrogen) atoms. The van der Waals surface area contributed by atoms with Crippen molar-refractivity contribution in [1.82, 2.24) is 15.1 Å². The summed E-state index contributed by atoms with van der Waals surface area (Å²) < 4.78 is 0. The summed E-state index contributed by atoms with van der Waals surface area (Å²) in [5.41, 5.74) is 1.12. The van der Waals surface area contributed by atoms with Gasteiger partial charge in [0.2, 0.25) is 11.8 Å². The van der Waals surface area contributed by atoms with E-state index in [4.69, 9.17) is 5.11 Å². The number of rotatable bonds is 6. The Bertz CT molecular complexity index is 507. The molecule has 0 radical (unpaired) electrons. The third-order valence-corrected chi connectivity index (χ3v) is 3.90. The number of aliphatic hydroxyl groups is 1. The number of hydrogen-bond acceptors (Lipinski definition) is 4. The number of hydrogen-bond donors (Lipinski definition) is 2. The molecule has 6 heteroatoms. The lowest BCUT2D eigenvalue weighted by molar-refractivity contribution is -0.138. The van der Waals surface area contributed by atoms with Crippen molar-refractivity contribution in [2.24, 2.45) is 0 Å². The molecule has 6 nitrogen and oxygen atoms in total. The average molecular weight is 305 g/mol. The highest BCUT2D eigenvalue weighted by Crippen LogP contribution is 2.14. The second-order valence-corrected chi connectivity index (χ2v) is 5.51. The van der Waals surface area contributed by atoms with Crippen LogP contribution >= 0.6 is 0 Å². The van der Waals surface area contributed by atoms with Crippen LogP contribution in [0.4, 0.5) is 0 Å². The highest BCUT2D eigenvalue weighted by Gasteiger charge is 2.32. The number of likely N-dealkylation sites (N-methyl/N-ethyl adjacent to an activating group) is 1. The predicted molar refractivity (Wildman–Crippen MR) is 83.0 cm³/mol. The van der Waals surface area contributed by atoms with E-state index < -0.39 is 6.04 Å². The molecule has 2 rings (SSSR count). The third-order valence-electron chi connectivity index (χ3n) is 3.90. The number of amides is 2. The molecule has 1 aliphatic rings. The fourth-order valence-electron chi connectivity index (χ4n) is 2.59. The van der Waals surface area contributed by atoms with Crippen molar-refractivity contribution in [3.8, 4) is 0 Å². The zero-order valence-electron chi connectivity index (χ0n) is 12.9. The number of benzene rings is 1. The maximum atomic E-state index is 12.2. The largest absolute Gasteiger partial charge is 0.395 e. The molecule has 0 unspecified atom stereocenters. The molecular formula is C16H23N3O3. The molecule has 1 aromatic rings. The van der Waals surface area contributed by atoms with Gasteiger partial charge in [-0.15, -0.1) is 0 Å². The maximum absolute atomic E-state index is 12.2. The van der Waals surface area contributed by atoms with Gasteiger partial charge in [-0.2, -0.15) is 0 Å². The summed E-state index contributed by atoms with van der Waals surface area (Å²) in [6.07, 6.45) is 0.134. The van der Waals surface area contributed by atoms with Crippen LogP contribution in [0, 0.1) is 0 Å². The van der Waals surface area contributed by atoms with Crippen molar-refractivity contribution in [3.63, 3.8) is 0 Å². The molecule has 0 aromatic heterocycles. The molecule has 1 heterocycles. The molecule has 1 aromatic carbocycles. The monoisotopic (exact) mass is 305 g/mol. The summed E-state index contributed by atoms with van der Waals surface area (Å²) in [5, 5.41) is 11.7. The lowest BCUT2D eigenvalue weighted by Crippen LogP contribution is -2.56. The average Bonchev–Trinajstić information content (AvgIpc) is 2.52. The Labute approximate surface area is 130 Å². The minimum atomic E-state index is -0.456. The van der Waals surface area contributed by atoms with Gasteiger partial charge in [0.1, 0.15) is 0 Å². The zero-order chi connectivity index (χ0) is 15.9. The lowest BCUT2D eigenvalue weighted by Gasteiger charge is -2.35. The van der Waals surface area contributed by atoms with Crippen LogP contribution in [0.1, 0.15) is 12.0 Å². The third kappa shape index (κ3) is 4.29. The number of carbonyl (C=O) groups excluding carboxylic acids is 2. The molecule has 1 atom stereocenters. The van der Waals surface area contributed by atoms with Crippen LogP contribution in [0.15, 0.2) is 30.3 Å². The summed E-state index contributed by atoms with van der Waals surface area (Å²) in [7, 11) is 1.64. The number of nitrogens with zero attached hydrogens (tertiary/aromatic N) is 2. The fourth-order valence-corrected chi connectivity index (χ4v) is 2.59. The van der Waals surface area contributed by atoms with E-state index in [9.17, 15) is 9.59 Å². The highest BCUT2D eigenvalue weighted by atomic mass is 16.3. The number of nitrogens with one attached hydrogen (secondary N) is 1. The van der Waals surface area contributed by atoms with Gasteiger partial charge in [-0.3, -0.25) is 14.5 Å². The summed E-state index contributed by atoms with van der Waals surface area (Å²) in [6, 6.07) is 9.47. The van der Waals surface area contributed by atoms with Gasteiger partial charge in [0, 0.05) is 33.2 Å². The number of piperazine rings is 1. The second kappa shape index (κ2) is 7.91. The van der Waals surface area contributed by atoms with Gasteiger partial charge in [-0.05, 0) is 5.56 Å². The van der Waals surface area contributed by atoms with Gasteiger partial charge < -0.3 is 15.3 Å². The Hall–Kier alpha value is -1.92. The first-order valence-corrected chi connectivity index (χ1v) is 7.52. The molecule has 0 bridgehead atoms. The first-order chi connectivity index (χ1) is 10.6. The van der Waals surface area contributed by atoms with Gasteiger partial charge in [0.25, 0.3) is 0 Å². The number of carbonyl (C=O) groups is 2. The van der Waals surface area contributed by atoms with E-state index in [-0.39, 0.29) is 31.4 Å². The van der Waals surface area contributed by atoms with Crippen LogP contribution in [-0.4, -0.2) is 66.1 Å². The smallest absolute Gasteiger partial charge is 0.237 e. The van der Waals surface area contributed by atoms with Crippen LogP contribution in [-0.2, 0) is 16.1 Å². The molecule has 2 N–H and O–H groups in total. The summed E-state index contributed by atoms with van der Waals surface area (Å²) >= 11 is 0. The molecule has 1 aliphatic heterocycles. The summed E-state index contributed by atoms with van der Waals surface area (Å²) in [5.74, 6) is -0.234. The van der Waals surface area contributed by atoms with E-state index in [2.05, 4.69) is 5.32 Å². The van der Waals surface area contributed by atoms with Crippen molar-refractivity contribution >= 4 is 11.8 Å². The van der Waals surface area contributed by atoms with Crippen molar-refractivity contribution in [2.45, 2.75) is 19.0 Å². The van der Waals surface area contributed by atoms with E-state index in [0.29, 0.717) is 13.1 Å². The van der Waals surface area contributed by atoms with E-state index in [1.165, 1.54) is 4.90 Å². The Morgan fingerprint density at radius 1 is 1.41 bits per heavy atom. The van der Waals surface area contributed by atoms with Crippen LogP contribution < -0.4 is 5.32 Å².